The van der Waals surface area contributed by atoms with Gasteiger partial charge in [0.2, 0.25) is 0 Å². The molecule has 1 unspecified atom stereocenters. The number of alkyl halides is 6. The molecule has 1 rings (SSSR count). The summed E-state index contributed by atoms with van der Waals surface area (Å²) < 4.78 is 84.7. The van der Waals surface area contributed by atoms with Crippen LogP contribution in [-0.4, -0.2) is 12.4 Å². The second-order valence-electron chi connectivity index (χ2n) is 2.88. The van der Waals surface area contributed by atoms with Gasteiger partial charge < -0.3 is 0 Å². The van der Waals surface area contributed by atoms with E-state index in [1.54, 1.807) is 0 Å². The van der Waals surface area contributed by atoms with Crippen molar-refractivity contribution >= 4 is 0 Å². The first-order valence-corrected chi connectivity index (χ1v) is 3.68. The van der Waals surface area contributed by atoms with Crippen molar-refractivity contribution in [3.8, 4) is 0 Å². The maximum Gasteiger partial charge on any atom is 0.416 e. The molecular weight excluding hydrogens is 229 g/mol. The molecule has 0 amide bonds. The van der Waals surface area contributed by atoms with E-state index in [-0.39, 0.29) is 18.6 Å². The van der Waals surface area contributed by atoms with Gasteiger partial charge in [0, 0.05) is 6.42 Å². The molecule has 0 aliphatic heterocycles. The highest BCUT2D eigenvalue weighted by molar-refractivity contribution is 5.36. The lowest BCUT2D eigenvalue weighted by Gasteiger charge is -2.21. The van der Waals surface area contributed by atoms with Gasteiger partial charge in [0.25, 0.3) is 0 Å². The molecule has 1 radical (unpaired) electrons. The average molecular weight is 233 g/mol. The van der Waals surface area contributed by atoms with Gasteiger partial charge in [-0.15, -0.1) is 0 Å². The standard InChI is InChI=1S/C8H4F7/c9-6-2-4(7(10,11)12)1-5(3-6)8(13,14)15/h1-4H. The zero-order chi connectivity index (χ0) is 11.9. The SMILES string of the molecule is FC1=CC(C(F)(F)F)=CC(C(F)(F)F)[CH]1. The average Bonchev–Trinajstić information content (AvgIpc) is 1.99. The third-order valence-corrected chi connectivity index (χ3v) is 1.70. The van der Waals surface area contributed by atoms with Gasteiger partial charge in [0.15, 0.2) is 0 Å². The minimum Gasteiger partial charge on any atom is -0.211 e. The van der Waals surface area contributed by atoms with Crippen molar-refractivity contribution in [2.24, 2.45) is 5.92 Å². The molecule has 0 saturated heterocycles. The van der Waals surface area contributed by atoms with Crippen molar-refractivity contribution in [2.45, 2.75) is 12.4 Å². The molecule has 0 fully saturated rings. The van der Waals surface area contributed by atoms with Crippen LogP contribution in [0.25, 0.3) is 0 Å². The van der Waals surface area contributed by atoms with E-state index in [2.05, 4.69) is 0 Å². The zero-order valence-electron chi connectivity index (χ0n) is 6.96. The smallest absolute Gasteiger partial charge is 0.211 e. The Morgan fingerprint density at radius 3 is 1.93 bits per heavy atom. The van der Waals surface area contributed by atoms with Crippen LogP contribution < -0.4 is 0 Å². The molecule has 0 N–H and O–H groups in total. The Morgan fingerprint density at radius 1 is 1.00 bits per heavy atom. The highest BCUT2D eigenvalue weighted by Gasteiger charge is 2.44. The minimum atomic E-state index is -4.98. The molecule has 0 bridgehead atoms. The number of hydrogen-bond donors (Lipinski definition) is 0. The molecular formula is C8H4F7. The summed E-state index contributed by atoms with van der Waals surface area (Å²) in [4.78, 5) is 0. The van der Waals surface area contributed by atoms with Crippen LogP contribution in [0, 0.1) is 12.3 Å². The molecule has 0 heterocycles. The lowest BCUT2D eigenvalue weighted by Crippen LogP contribution is -2.26. The first kappa shape index (κ1) is 12.1. The van der Waals surface area contributed by atoms with Gasteiger partial charge in [-0.3, -0.25) is 0 Å². The monoisotopic (exact) mass is 233 g/mol. The molecule has 1 aliphatic carbocycles. The van der Waals surface area contributed by atoms with Crippen LogP contribution in [0.1, 0.15) is 0 Å². The van der Waals surface area contributed by atoms with Crippen LogP contribution in [0.5, 0.6) is 0 Å². The van der Waals surface area contributed by atoms with Gasteiger partial charge in [-0.25, -0.2) is 4.39 Å². The Labute approximate surface area is 80.1 Å². The van der Waals surface area contributed by atoms with Gasteiger partial charge in [-0.05, 0) is 6.08 Å². The highest BCUT2D eigenvalue weighted by atomic mass is 19.4. The fraction of sp³-hybridized carbons (Fsp3) is 0.375. The Balaban J connectivity index is 3.02. The fourth-order valence-corrected chi connectivity index (χ4v) is 1.02. The van der Waals surface area contributed by atoms with Crippen LogP contribution in [0.4, 0.5) is 30.7 Å². The molecule has 0 saturated carbocycles. The molecule has 0 aromatic heterocycles. The molecule has 0 spiro atoms. The summed E-state index contributed by atoms with van der Waals surface area (Å²) in [6, 6.07) is 0. The van der Waals surface area contributed by atoms with Gasteiger partial charge in [-0.2, -0.15) is 26.3 Å². The Hall–Kier alpha value is -1.01. The van der Waals surface area contributed by atoms with Crippen LogP contribution in [0.15, 0.2) is 23.6 Å². The summed E-state index contributed by atoms with van der Waals surface area (Å²) in [7, 11) is 0. The van der Waals surface area contributed by atoms with E-state index >= 15 is 0 Å². The van der Waals surface area contributed by atoms with Crippen molar-refractivity contribution in [3.63, 3.8) is 0 Å². The summed E-state index contributed by atoms with van der Waals surface area (Å²) in [5.41, 5.74) is -1.62. The normalized spacial score (nSPS) is 23.5. The van der Waals surface area contributed by atoms with Crippen LogP contribution in [0.2, 0.25) is 0 Å². The zero-order valence-corrected chi connectivity index (χ0v) is 6.96. The number of halogens is 7. The molecule has 1 aliphatic rings. The fourth-order valence-electron chi connectivity index (χ4n) is 1.02. The van der Waals surface area contributed by atoms with Crippen LogP contribution in [-0.2, 0) is 0 Å². The second kappa shape index (κ2) is 3.53. The maximum atomic E-state index is 12.5. The van der Waals surface area contributed by atoms with E-state index in [9.17, 15) is 30.7 Å². The van der Waals surface area contributed by atoms with Gasteiger partial charge in [0.05, 0.1) is 11.5 Å². The van der Waals surface area contributed by atoms with Gasteiger partial charge in [0.1, 0.15) is 5.83 Å². The summed E-state index contributed by atoms with van der Waals surface area (Å²) >= 11 is 0. The van der Waals surface area contributed by atoms with Crippen LogP contribution in [0.3, 0.4) is 0 Å². The summed E-state index contributed by atoms with van der Waals surface area (Å²) in [6.45, 7) is 0. The number of hydrogen-bond acceptors (Lipinski definition) is 0. The lowest BCUT2D eigenvalue weighted by molar-refractivity contribution is -0.154. The quantitative estimate of drug-likeness (QED) is 0.559. The van der Waals surface area contributed by atoms with Crippen molar-refractivity contribution in [1.29, 1.82) is 0 Å². The Bertz CT molecular complexity index is 304. The molecule has 0 aromatic carbocycles. The summed E-state index contributed by atoms with van der Waals surface area (Å²) in [5, 5.41) is 0. The van der Waals surface area contributed by atoms with E-state index in [0.29, 0.717) is 0 Å². The molecule has 0 nitrogen and oxygen atoms in total. The summed E-state index contributed by atoms with van der Waals surface area (Å²) in [5.74, 6) is -4.06. The van der Waals surface area contributed by atoms with E-state index in [1.165, 1.54) is 0 Å². The lowest BCUT2D eigenvalue weighted by atomic mass is 9.94. The Morgan fingerprint density at radius 2 is 1.53 bits per heavy atom. The molecule has 15 heavy (non-hydrogen) atoms. The largest absolute Gasteiger partial charge is 0.416 e. The van der Waals surface area contributed by atoms with Gasteiger partial charge >= 0.3 is 12.4 Å². The molecule has 7 heteroatoms. The van der Waals surface area contributed by atoms with E-state index < -0.39 is 29.7 Å². The van der Waals surface area contributed by atoms with E-state index in [0.717, 1.165) is 0 Å². The first-order chi connectivity index (χ1) is 6.60. The van der Waals surface area contributed by atoms with E-state index in [1.807, 2.05) is 0 Å². The Kier molecular flexibility index (Phi) is 2.84. The second-order valence-corrected chi connectivity index (χ2v) is 2.88. The van der Waals surface area contributed by atoms with Crippen molar-refractivity contribution < 1.29 is 30.7 Å². The maximum absolute atomic E-state index is 12.5. The summed E-state index contributed by atoms with van der Waals surface area (Å²) in [6.07, 6.45) is -9.82. The third kappa shape index (κ3) is 2.97. The number of rotatable bonds is 0. The molecule has 1 atom stereocenters. The molecule has 0 aromatic rings. The third-order valence-electron chi connectivity index (χ3n) is 1.70. The minimum absolute atomic E-state index is 0.0300. The predicted molar refractivity (Wildman–Crippen MR) is 37.2 cm³/mol. The van der Waals surface area contributed by atoms with Crippen LogP contribution >= 0.6 is 0 Å². The van der Waals surface area contributed by atoms with Gasteiger partial charge in [-0.1, -0.05) is 6.08 Å². The van der Waals surface area contributed by atoms with Crippen molar-refractivity contribution in [2.75, 3.05) is 0 Å². The number of allylic oxidation sites excluding steroid dienone is 4. The molecule has 85 valence electrons. The highest BCUT2D eigenvalue weighted by Crippen LogP contribution is 2.39. The van der Waals surface area contributed by atoms with Crippen molar-refractivity contribution in [3.05, 3.63) is 30.0 Å². The predicted octanol–water partition coefficient (Wildman–Crippen LogP) is 3.72. The van der Waals surface area contributed by atoms with E-state index in [4.69, 9.17) is 0 Å². The van der Waals surface area contributed by atoms with Crippen molar-refractivity contribution in [1.82, 2.24) is 0 Å². The first-order valence-electron chi connectivity index (χ1n) is 3.68. The topological polar surface area (TPSA) is 0 Å².